The molecule has 0 saturated heterocycles. The minimum Gasteiger partial charge on any atom is -0.508 e. The Labute approximate surface area is 104 Å². The summed E-state index contributed by atoms with van der Waals surface area (Å²) in [5, 5.41) is 18.4. The van der Waals surface area contributed by atoms with Crippen LogP contribution < -0.4 is 0 Å². The number of hydrogen-bond donors (Lipinski definition) is 2. The maximum Gasteiger partial charge on any atom is 0.115 e. The van der Waals surface area contributed by atoms with Crippen molar-refractivity contribution in [3.05, 3.63) is 29.8 Å². The summed E-state index contributed by atoms with van der Waals surface area (Å²) in [4.78, 5) is 0. The standard InChI is InChI=1S/C13H20O.CH3NO/c1-2-3-4-5-6-7-12-8-10-13(14)11-9-12;1-2-3/h8-11,14H,2-7H2,1H3;3H,1H2. The summed E-state index contributed by atoms with van der Waals surface area (Å²) in [6, 6.07) is 7.55. The third kappa shape index (κ3) is 9.42. The fourth-order valence-corrected chi connectivity index (χ4v) is 1.60. The van der Waals surface area contributed by atoms with Gasteiger partial charge < -0.3 is 10.3 Å². The van der Waals surface area contributed by atoms with Crippen LogP contribution in [-0.4, -0.2) is 17.0 Å². The zero-order valence-corrected chi connectivity index (χ0v) is 10.6. The molecule has 0 unspecified atom stereocenters. The van der Waals surface area contributed by atoms with Gasteiger partial charge in [-0.25, -0.2) is 0 Å². The van der Waals surface area contributed by atoms with E-state index in [1.807, 2.05) is 12.1 Å². The predicted molar refractivity (Wildman–Crippen MR) is 71.9 cm³/mol. The molecule has 0 aromatic heterocycles. The minimum absolute atomic E-state index is 0.361. The van der Waals surface area contributed by atoms with Crippen LogP contribution in [0, 0.1) is 0 Å². The molecule has 0 saturated carbocycles. The van der Waals surface area contributed by atoms with E-state index in [9.17, 15) is 0 Å². The molecular formula is C14H23NO2. The van der Waals surface area contributed by atoms with Crippen LogP contribution in [0.1, 0.15) is 44.6 Å². The van der Waals surface area contributed by atoms with Gasteiger partial charge in [0.25, 0.3) is 0 Å². The van der Waals surface area contributed by atoms with E-state index in [-0.39, 0.29) is 0 Å². The second-order valence-electron chi connectivity index (χ2n) is 3.97. The molecule has 0 fully saturated rings. The molecule has 0 aliphatic heterocycles. The molecule has 0 radical (unpaired) electrons. The molecule has 17 heavy (non-hydrogen) atoms. The van der Waals surface area contributed by atoms with Gasteiger partial charge in [-0.05, 0) is 30.5 Å². The van der Waals surface area contributed by atoms with Crippen molar-refractivity contribution in [2.45, 2.75) is 45.4 Å². The van der Waals surface area contributed by atoms with E-state index in [4.69, 9.17) is 10.3 Å². The van der Waals surface area contributed by atoms with Crippen molar-refractivity contribution < 1.29 is 10.3 Å². The first-order valence-electron chi connectivity index (χ1n) is 6.12. The number of phenolic OH excluding ortho intramolecular Hbond substituents is 1. The molecule has 0 heterocycles. The largest absolute Gasteiger partial charge is 0.508 e. The van der Waals surface area contributed by atoms with Gasteiger partial charge in [0.2, 0.25) is 0 Å². The van der Waals surface area contributed by atoms with Crippen LogP contribution in [0.2, 0.25) is 0 Å². The zero-order valence-electron chi connectivity index (χ0n) is 10.6. The number of unbranched alkanes of at least 4 members (excludes halogenated alkanes) is 4. The topological polar surface area (TPSA) is 52.8 Å². The van der Waals surface area contributed by atoms with Gasteiger partial charge in [0.05, 0.1) is 0 Å². The minimum atomic E-state index is 0.361. The van der Waals surface area contributed by atoms with E-state index in [2.05, 4.69) is 18.8 Å². The van der Waals surface area contributed by atoms with Gasteiger partial charge in [0, 0.05) is 6.72 Å². The molecule has 0 aliphatic rings. The highest BCUT2D eigenvalue weighted by Crippen LogP contribution is 2.13. The molecule has 0 amide bonds. The molecule has 0 atom stereocenters. The predicted octanol–water partition coefficient (Wildman–Crippen LogP) is 3.98. The van der Waals surface area contributed by atoms with Gasteiger partial charge in [-0.2, -0.15) is 0 Å². The summed E-state index contributed by atoms with van der Waals surface area (Å²) in [6.07, 6.45) is 7.76. The van der Waals surface area contributed by atoms with E-state index in [0.717, 1.165) is 6.42 Å². The molecule has 3 heteroatoms. The van der Waals surface area contributed by atoms with Crippen molar-refractivity contribution in [3.8, 4) is 5.75 Å². The van der Waals surface area contributed by atoms with Crippen molar-refractivity contribution in [1.29, 1.82) is 0 Å². The van der Waals surface area contributed by atoms with Crippen molar-refractivity contribution >= 4 is 6.72 Å². The monoisotopic (exact) mass is 237 g/mol. The number of oxime groups is 1. The molecule has 0 bridgehead atoms. The summed E-state index contributed by atoms with van der Waals surface area (Å²) >= 11 is 0. The van der Waals surface area contributed by atoms with Gasteiger partial charge >= 0.3 is 0 Å². The lowest BCUT2D eigenvalue weighted by atomic mass is 10.1. The SMILES string of the molecule is C=NO.CCCCCCCc1ccc(O)cc1. The number of hydrogen-bond acceptors (Lipinski definition) is 3. The second kappa shape index (κ2) is 11.0. The molecule has 2 N–H and O–H groups in total. The number of aromatic hydroxyl groups is 1. The van der Waals surface area contributed by atoms with E-state index >= 15 is 0 Å². The highest BCUT2D eigenvalue weighted by molar-refractivity contribution is 5.25. The molecule has 1 rings (SSSR count). The average molecular weight is 237 g/mol. The smallest absolute Gasteiger partial charge is 0.115 e. The first-order valence-corrected chi connectivity index (χ1v) is 6.12. The fraction of sp³-hybridized carbons (Fsp3) is 0.500. The number of rotatable bonds is 6. The van der Waals surface area contributed by atoms with Crippen molar-refractivity contribution in [3.63, 3.8) is 0 Å². The van der Waals surface area contributed by atoms with E-state index in [0.29, 0.717) is 5.75 Å². The fourth-order valence-electron chi connectivity index (χ4n) is 1.60. The summed E-state index contributed by atoms with van der Waals surface area (Å²) in [7, 11) is 0. The summed E-state index contributed by atoms with van der Waals surface area (Å²) < 4.78 is 0. The Hall–Kier alpha value is -1.51. The molecular weight excluding hydrogens is 214 g/mol. The lowest BCUT2D eigenvalue weighted by molar-refractivity contribution is 0.323. The Kier molecular flexibility index (Phi) is 10.0. The number of phenols is 1. The van der Waals surface area contributed by atoms with Crippen molar-refractivity contribution in [2.24, 2.45) is 5.16 Å². The summed E-state index contributed by atoms with van der Waals surface area (Å²) in [6.45, 7) is 4.90. The maximum atomic E-state index is 9.10. The number of aryl methyl sites for hydroxylation is 1. The van der Waals surface area contributed by atoms with Gasteiger partial charge in [-0.15, -0.1) is 5.16 Å². The van der Waals surface area contributed by atoms with Crippen LogP contribution in [0.5, 0.6) is 5.75 Å². The second-order valence-corrected chi connectivity index (χ2v) is 3.97. The first-order chi connectivity index (χ1) is 8.24. The maximum absolute atomic E-state index is 9.10. The number of nitrogens with zero attached hydrogens (tertiary/aromatic N) is 1. The number of benzene rings is 1. The highest BCUT2D eigenvalue weighted by atomic mass is 16.4. The van der Waals surface area contributed by atoms with Gasteiger partial charge in [-0.3, -0.25) is 0 Å². The molecule has 1 aromatic carbocycles. The van der Waals surface area contributed by atoms with E-state index < -0.39 is 0 Å². The van der Waals surface area contributed by atoms with Gasteiger partial charge in [0.15, 0.2) is 0 Å². The normalized spacial score (nSPS) is 9.24. The lowest BCUT2D eigenvalue weighted by Crippen LogP contribution is -1.85. The Morgan fingerprint density at radius 1 is 1.06 bits per heavy atom. The molecule has 0 aliphatic carbocycles. The van der Waals surface area contributed by atoms with Crippen LogP contribution in [-0.2, 0) is 6.42 Å². The van der Waals surface area contributed by atoms with Gasteiger partial charge in [0.1, 0.15) is 5.75 Å². The van der Waals surface area contributed by atoms with E-state index in [1.54, 1.807) is 12.1 Å². The molecule has 0 spiro atoms. The third-order valence-corrected chi connectivity index (χ3v) is 2.51. The van der Waals surface area contributed by atoms with Crippen molar-refractivity contribution in [2.75, 3.05) is 0 Å². The van der Waals surface area contributed by atoms with Gasteiger partial charge in [-0.1, -0.05) is 44.7 Å². The Morgan fingerprint density at radius 3 is 2.12 bits per heavy atom. The zero-order chi connectivity index (χ0) is 12.9. The summed E-state index contributed by atoms with van der Waals surface area (Å²) in [5.74, 6) is 0.361. The van der Waals surface area contributed by atoms with Crippen LogP contribution in [0.25, 0.3) is 0 Å². The molecule has 3 nitrogen and oxygen atoms in total. The molecule has 96 valence electrons. The van der Waals surface area contributed by atoms with Crippen molar-refractivity contribution in [1.82, 2.24) is 0 Å². The average Bonchev–Trinajstić information content (AvgIpc) is 2.32. The first kappa shape index (κ1) is 15.5. The quantitative estimate of drug-likeness (QED) is 0.340. The van der Waals surface area contributed by atoms with Crippen LogP contribution in [0.3, 0.4) is 0 Å². The third-order valence-electron chi connectivity index (χ3n) is 2.51. The Morgan fingerprint density at radius 2 is 1.59 bits per heavy atom. The summed E-state index contributed by atoms with van der Waals surface area (Å²) in [5.41, 5.74) is 1.33. The molecule has 1 aromatic rings. The van der Waals surface area contributed by atoms with E-state index in [1.165, 1.54) is 37.7 Å². The van der Waals surface area contributed by atoms with Crippen LogP contribution in [0.4, 0.5) is 0 Å². The van der Waals surface area contributed by atoms with Crippen LogP contribution >= 0.6 is 0 Å². The Bertz CT molecular complexity index is 283. The highest BCUT2D eigenvalue weighted by Gasteiger charge is 1.93. The lowest BCUT2D eigenvalue weighted by Gasteiger charge is -2.01. The Balaban J connectivity index is 0.000000770. The van der Waals surface area contributed by atoms with Crippen LogP contribution in [0.15, 0.2) is 29.4 Å².